The molecule has 32 heavy (non-hydrogen) atoms. The first-order valence-electron chi connectivity index (χ1n) is 10.7. The number of hydrogen-bond acceptors (Lipinski definition) is 5. The normalized spacial score (nSPS) is 16.0. The smallest absolute Gasteiger partial charge is 0.359 e. The predicted octanol–water partition coefficient (Wildman–Crippen LogP) is 3.03. The quantitative estimate of drug-likeness (QED) is 0.606. The molecule has 0 aliphatic heterocycles. The van der Waals surface area contributed by atoms with Crippen LogP contribution in [0.4, 0.5) is 0 Å². The number of ether oxygens (including phenoxy) is 1. The van der Waals surface area contributed by atoms with Crippen molar-refractivity contribution < 1.29 is 14.3 Å². The Bertz CT molecular complexity index is 1170. The lowest BCUT2D eigenvalue weighted by atomic mass is 9.87. The fraction of sp³-hybridized carbons (Fsp3) is 0.280. The molecule has 7 heteroatoms. The molecular formula is C25H25N3O4. The highest BCUT2D eigenvalue weighted by Crippen LogP contribution is 2.29. The maximum absolute atomic E-state index is 12.7. The molecule has 4 rings (SSSR count). The summed E-state index contributed by atoms with van der Waals surface area (Å²) in [5, 5.41) is 7.12. The average Bonchev–Trinajstić information content (AvgIpc) is 2.81. The zero-order valence-electron chi connectivity index (χ0n) is 17.9. The summed E-state index contributed by atoms with van der Waals surface area (Å²) in [5.41, 5.74) is 2.88. The van der Waals surface area contributed by atoms with E-state index in [1.807, 2.05) is 48.5 Å². The number of carbonyl (C=O) groups is 2. The molecule has 0 bridgehead atoms. The summed E-state index contributed by atoms with van der Waals surface area (Å²) < 4.78 is 6.55. The Morgan fingerprint density at radius 2 is 1.84 bits per heavy atom. The summed E-state index contributed by atoms with van der Waals surface area (Å²) in [6, 6.07) is 19.9. The summed E-state index contributed by atoms with van der Waals surface area (Å²) in [7, 11) is 0. The molecule has 0 radical (unpaired) electrons. The SMILES string of the molecule is CC(OC(=O)c1ccc(=O)n(Cc2ccccc2)n1)C(=O)NC1CCCc2ccccc21. The van der Waals surface area contributed by atoms with Crippen LogP contribution in [0.3, 0.4) is 0 Å². The van der Waals surface area contributed by atoms with Crippen LogP contribution in [0.2, 0.25) is 0 Å². The molecule has 0 fully saturated rings. The van der Waals surface area contributed by atoms with Gasteiger partial charge < -0.3 is 10.1 Å². The number of nitrogens with one attached hydrogen (secondary N) is 1. The molecule has 1 amide bonds. The van der Waals surface area contributed by atoms with E-state index >= 15 is 0 Å². The van der Waals surface area contributed by atoms with Gasteiger partial charge in [0.05, 0.1) is 12.6 Å². The Balaban J connectivity index is 1.41. The topological polar surface area (TPSA) is 90.3 Å². The van der Waals surface area contributed by atoms with Gasteiger partial charge in [0.1, 0.15) is 0 Å². The summed E-state index contributed by atoms with van der Waals surface area (Å²) in [4.78, 5) is 37.4. The molecule has 0 saturated heterocycles. The molecule has 1 aromatic heterocycles. The van der Waals surface area contributed by atoms with Crippen molar-refractivity contribution in [2.75, 3.05) is 0 Å². The van der Waals surface area contributed by atoms with Gasteiger partial charge in [-0.1, -0.05) is 54.6 Å². The van der Waals surface area contributed by atoms with Gasteiger partial charge >= 0.3 is 5.97 Å². The van der Waals surface area contributed by atoms with Crippen molar-refractivity contribution in [2.24, 2.45) is 0 Å². The highest BCUT2D eigenvalue weighted by Gasteiger charge is 2.26. The summed E-state index contributed by atoms with van der Waals surface area (Å²) in [5.74, 6) is -1.11. The number of nitrogens with zero attached hydrogens (tertiary/aromatic N) is 2. The number of rotatable bonds is 6. The van der Waals surface area contributed by atoms with Crippen LogP contribution in [-0.4, -0.2) is 27.8 Å². The third-order valence-electron chi connectivity index (χ3n) is 5.59. The molecule has 1 aliphatic rings. The number of amides is 1. The molecule has 2 unspecified atom stereocenters. The van der Waals surface area contributed by atoms with Crippen LogP contribution in [0.5, 0.6) is 0 Å². The van der Waals surface area contributed by atoms with Crippen molar-refractivity contribution in [3.63, 3.8) is 0 Å². The van der Waals surface area contributed by atoms with Gasteiger partial charge in [-0.25, -0.2) is 9.48 Å². The van der Waals surface area contributed by atoms with E-state index in [9.17, 15) is 14.4 Å². The van der Waals surface area contributed by atoms with Gasteiger partial charge in [-0.3, -0.25) is 9.59 Å². The fourth-order valence-electron chi connectivity index (χ4n) is 3.89. The van der Waals surface area contributed by atoms with Crippen LogP contribution < -0.4 is 10.9 Å². The van der Waals surface area contributed by atoms with E-state index in [-0.39, 0.29) is 29.7 Å². The van der Waals surface area contributed by atoms with E-state index in [4.69, 9.17) is 4.74 Å². The summed E-state index contributed by atoms with van der Waals surface area (Å²) >= 11 is 0. The van der Waals surface area contributed by atoms with Gasteiger partial charge in [-0.05, 0) is 48.9 Å². The van der Waals surface area contributed by atoms with Gasteiger partial charge in [0.2, 0.25) is 0 Å². The Morgan fingerprint density at radius 3 is 2.66 bits per heavy atom. The van der Waals surface area contributed by atoms with E-state index < -0.39 is 12.1 Å². The molecule has 3 aromatic rings. The third kappa shape index (κ3) is 4.94. The first-order valence-corrected chi connectivity index (χ1v) is 10.7. The van der Waals surface area contributed by atoms with Crippen molar-refractivity contribution in [3.8, 4) is 0 Å². The number of aryl methyl sites for hydroxylation is 1. The van der Waals surface area contributed by atoms with Crippen LogP contribution in [-0.2, 0) is 22.5 Å². The molecule has 0 saturated carbocycles. The van der Waals surface area contributed by atoms with Gasteiger partial charge in [0.15, 0.2) is 11.8 Å². The first-order chi connectivity index (χ1) is 15.5. The Hall–Kier alpha value is -3.74. The van der Waals surface area contributed by atoms with Gasteiger partial charge in [0.25, 0.3) is 11.5 Å². The number of carbonyl (C=O) groups excluding carboxylic acids is 2. The lowest BCUT2D eigenvalue weighted by Gasteiger charge is -2.27. The van der Waals surface area contributed by atoms with Gasteiger partial charge in [-0.15, -0.1) is 0 Å². The highest BCUT2D eigenvalue weighted by atomic mass is 16.5. The van der Waals surface area contributed by atoms with Crippen LogP contribution in [0, 0.1) is 0 Å². The second-order valence-corrected chi connectivity index (χ2v) is 7.90. The largest absolute Gasteiger partial charge is 0.448 e. The maximum atomic E-state index is 12.7. The van der Waals surface area contributed by atoms with E-state index in [0.29, 0.717) is 0 Å². The van der Waals surface area contributed by atoms with E-state index in [1.165, 1.54) is 29.3 Å². The van der Waals surface area contributed by atoms with E-state index in [1.54, 1.807) is 0 Å². The minimum atomic E-state index is -0.993. The minimum absolute atomic E-state index is 0.0248. The number of benzene rings is 2. The summed E-state index contributed by atoms with van der Waals surface area (Å²) in [6.45, 7) is 1.76. The van der Waals surface area contributed by atoms with Crippen LogP contribution in [0.15, 0.2) is 71.5 Å². The molecule has 1 N–H and O–H groups in total. The summed E-state index contributed by atoms with van der Waals surface area (Å²) in [6.07, 6.45) is 1.84. The predicted molar refractivity (Wildman–Crippen MR) is 119 cm³/mol. The minimum Gasteiger partial charge on any atom is -0.448 e. The first kappa shape index (κ1) is 21.5. The van der Waals surface area contributed by atoms with Crippen LogP contribution in [0.1, 0.15) is 53.0 Å². The Labute approximate surface area is 186 Å². The zero-order valence-corrected chi connectivity index (χ0v) is 17.9. The number of aromatic nitrogens is 2. The molecule has 7 nitrogen and oxygen atoms in total. The number of hydrogen-bond donors (Lipinski definition) is 1. The van der Waals surface area contributed by atoms with Crippen molar-refractivity contribution in [1.29, 1.82) is 0 Å². The van der Waals surface area contributed by atoms with E-state index in [0.717, 1.165) is 30.4 Å². The van der Waals surface area contributed by atoms with Crippen molar-refractivity contribution in [2.45, 2.75) is 44.9 Å². The van der Waals surface area contributed by atoms with Crippen LogP contribution in [0.25, 0.3) is 0 Å². The second-order valence-electron chi connectivity index (χ2n) is 7.90. The molecule has 1 aliphatic carbocycles. The van der Waals surface area contributed by atoms with Crippen LogP contribution >= 0.6 is 0 Å². The Kier molecular flexibility index (Phi) is 6.44. The molecule has 2 atom stereocenters. The average molecular weight is 431 g/mol. The lowest BCUT2D eigenvalue weighted by molar-refractivity contribution is -0.130. The molecule has 2 aromatic carbocycles. The van der Waals surface area contributed by atoms with E-state index in [2.05, 4.69) is 16.5 Å². The monoisotopic (exact) mass is 431 g/mol. The lowest BCUT2D eigenvalue weighted by Crippen LogP contribution is -2.39. The van der Waals surface area contributed by atoms with Crippen molar-refractivity contribution >= 4 is 11.9 Å². The molecule has 164 valence electrons. The van der Waals surface area contributed by atoms with Crippen molar-refractivity contribution in [1.82, 2.24) is 15.1 Å². The third-order valence-corrected chi connectivity index (χ3v) is 5.59. The second kappa shape index (κ2) is 9.60. The maximum Gasteiger partial charge on any atom is 0.359 e. The number of esters is 1. The standard InChI is InChI=1S/C25H25N3O4/c1-17(24(30)26-21-13-7-11-19-10-5-6-12-20(19)21)32-25(31)22-14-15-23(29)28(27-22)16-18-8-3-2-4-9-18/h2-6,8-10,12,14-15,17,21H,7,11,13,16H2,1H3,(H,26,30). The molecule has 1 heterocycles. The molecule has 0 spiro atoms. The van der Waals surface area contributed by atoms with Gasteiger partial charge in [-0.2, -0.15) is 5.10 Å². The fourth-order valence-corrected chi connectivity index (χ4v) is 3.89. The zero-order chi connectivity index (χ0) is 22.5. The molecular weight excluding hydrogens is 406 g/mol. The highest BCUT2D eigenvalue weighted by molar-refractivity contribution is 5.90. The van der Waals surface area contributed by atoms with Crippen molar-refractivity contribution in [3.05, 3.63) is 99.5 Å². The Morgan fingerprint density at radius 1 is 1.09 bits per heavy atom. The van der Waals surface area contributed by atoms with Gasteiger partial charge in [0, 0.05) is 6.07 Å². The number of fused-ring (bicyclic) bond motifs is 1.